The van der Waals surface area contributed by atoms with Gasteiger partial charge in [0.05, 0.1) is 5.69 Å². The molecule has 10 aromatic carbocycles. The van der Waals surface area contributed by atoms with Crippen molar-refractivity contribution >= 4 is 60.2 Å². The summed E-state index contributed by atoms with van der Waals surface area (Å²) in [6.45, 7) is 0. The highest BCUT2D eigenvalue weighted by atomic mass is 15.1. The summed E-state index contributed by atoms with van der Waals surface area (Å²) in [5.74, 6) is 0. The van der Waals surface area contributed by atoms with E-state index in [1.807, 2.05) is 0 Å². The second-order valence-corrected chi connectivity index (χ2v) is 13.7. The number of hydrogen-bond acceptors (Lipinski definition) is 1. The van der Waals surface area contributed by atoms with Crippen LogP contribution in [0.1, 0.15) is 0 Å². The minimum absolute atomic E-state index is 1.11. The third-order valence-corrected chi connectivity index (χ3v) is 10.7. The quantitative estimate of drug-likeness (QED) is 0.159. The van der Waals surface area contributed by atoms with Crippen molar-refractivity contribution in [3.05, 3.63) is 212 Å². The van der Waals surface area contributed by atoms with Crippen LogP contribution in [-0.2, 0) is 0 Å². The summed E-state index contributed by atoms with van der Waals surface area (Å²) in [4.78, 5) is 2.40. The largest absolute Gasteiger partial charge is 0.310 e. The monoisotopic (exact) mass is 673 g/mol. The van der Waals surface area contributed by atoms with Gasteiger partial charge in [-0.2, -0.15) is 0 Å². The first-order valence-electron chi connectivity index (χ1n) is 18.3. The fourth-order valence-electron chi connectivity index (χ4n) is 8.02. The summed E-state index contributed by atoms with van der Waals surface area (Å²) in [6.07, 6.45) is 0. The van der Waals surface area contributed by atoms with Gasteiger partial charge in [-0.25, -0.2) is 0 Å². The van der Waals surface area contributed by atoms with Crippen molar-refractivity contribution in [3.8, 4) is 33.4 Å². The van der Waals surface area contributed by atoms with E-state index in [0.717, 1.165) is 17.1 Å². The Kier molecular flexibility index (Phi) is 7.55. The Morgan fingerprint density at radius 1 is 0.245 bits per heavy atom. The van der Waals surface area contributed by atoms with E-state index in [1.54, 1.807) is 0 Å². The van der Waals surface area contributed by atoms with Crippen LogP contribution in [0.4, 0.5) is 17.1 Å². The zero-order chi connectivity index (χ0) is 35.1. The van der Waals surface area contributed by atoms with Crippen molar-refractivity contribution < 1.29 is 0 Å². The minimum Gasteiger partial charge on any atom is -0.310 e. The molecule has 0 saturated carbocycles. The predicted molar refractivity (Wildman–Crippen MR) is 227 cm³/mol. The van der Waals surface area contributed by atoms with E-state index in [-0.39, 0.29) is 0 Å². The Hall–Kier alpha value is -6.96. The maximum absolute atomic E-state index is 2.40. The SMILES string of the molecule is c1ccc(-c2ccc(N(c3ccc(-c4ccc5c(ccc6c7ccccc7ccc56)c4)cc3)c3ccc(-c4ccccc4)c4ccccc34)cc2)cc1. The third-order valence-electron chi connectivity index (χ3n) is 10.7. The molecule has 0 radical (unpaired) electrons. The van der Waals surface area contributed by atoms with Crippen LogP contribution in [0.25, 0.3) is 76.5 Å². The van der Waals surface area contributed by atoms with Crippen molar-refractivity contribution in [2.75, 3.05) is 4.90 Å². The highest BCUT2D eigenvalue weighted by molar-refractivity contribution is 6.17. The van der Waals surface area contributed by atoms with E-state index in [0.29, 0.717) is 0 Å². The molecule has 0 aliphatic heterocycles. The van der Waals surface area contributed by atoms with Crippen molar-refractivity contribution in [2.45, 2.75) is 0 Å². The van der Waals surface area contributed by atoms with Gasteiger partial charge in [-0.3, -0.25) is 0 Å². The minimum atomic E-state index is 1.11. The number of hydrogen-bond donors (Lipinski definition) is 0. The van der Waals surface area contributed by atoms with Gasteiger partial charge in [-0.15, -0.1) is 0 Å². The van der Waals surface area contributed by atoms with Crippen LogP contribution in [0.3, 0.4) is 0 Å². The second kappa shape index (κ2) is 13.0. The summed E-state index contributed by atoms with van der Waals surface area (Å²) in [5.41, 5.74) is 10.6. The van der Waals surface area contributed by atoms with Crippen LogP contribution in [0.5, 0.6) is 0 Å². The summed E-state index contributed by atoms with van der Waals surface area (Å²) in [7, 11) is 0. The molecule has 0 N–H and O–H groups in total. The van der Waals surface area contributed by atoms with Gasteiger partial charge >= 0.3 is 0 Å². The van der Waals surface area contributed by atoms with Crippen LogP contribution in [0.15, 0.2) is 212 Å². The first-order chi connectivity index (χ1) is 26.3. The molecule has 0 spiro atoms. The molecule has 0 aromatic heterocycles. The molecule has 0 aliphatic carbocycles. The normalized spacial score (nSPS) is 11.4. The lowest BCUT2D eigenvalue weighted by atomic mass is 9.94. The van der Waals surface area contributed by atoms with Crippen molar-refractivity contribution in [2.24, 2.45) is 0 Å². The lowest BCUT2D eigenvalue weighted by Gasteiger charge is -2.28. The summed E-state index contributed by atoms with van der Waals surface area (Å²) >= 11 is 0. The highest BCUT2D eigenvalue weighted by Gasteiger charge is 2.18. The number of benzene rings is 10. The molecule has 1 nitrogen and oxygen atoms in total. The van der Waals surface area contributed by atoms with E-state index < -0.39 is 0 Å². The molecule has 0 bridgehead atoms. The molecule has 0 unspecified atom stereocenters. The molecule has 0 fully saturated rings. The van der Waals surface area contributed by atoms with Gasteiger partial charge in [-0.1, -0.05) is 176 Å². The molecule has 0 saturated heterocycles. The average Bonchev–Trinajstić information content (AvgIpc) is 3.24. The molecule has 0 atom stereocenters. The van der Waals surface area contributed by atoms with E-state index in [9.17, 15) is 0 Å². The van der Waals surface area contributed by atoms with Gasteiger partial charge in [0.1, 0.15) is 0 Å². The molecule has 248 valence electrons. The molecule has 1 heteroatoms. The first-order valence-corrected chi connectivity index (χ1v) is 18.3. The predicted octanol–water partition coefficient (Wildman–Crippen LogP) is 14.8. The number of fused-ring (bicyclic) bond motifs is 6. The molecule has 53 heavy (non-hydrogen) atoms. The lowest BCUT2D eigenvalue weighted by Crippen LogP contribution is -2.10. The standard InChI is InChI=1S/C52H35N/c1-3-11-36(12-4-1)37-19-26-43(27-20-37)53(52-34-33-46(39-13-5-2-6-14-39)48-17-9-10-18-51(48)52)44-28-21-38(22-29-44)41-24-30-47-42(35-41)25-32-49-45-16-8-7-15-40(45)23-31-50(47)49/h1-35H. The number of rotatable bonds is 6. The molecule has 0 aliphatic rings. The average molecular weight is 674 g/mol. The Morgan fingerprint density at radius 2 is 0.717 bits per heavy atom. The smallest absolute Gasteiger partial charge is 0.0540 e. The van der Waals surface area contributed by atoms with Gasteiger partial charge < -0.3 is 4.90 Å². The van der Waals surface area contributed by atoms with Crippen LogP contribution in [0, 0.1) is 0 Å². The topological polar surface area (TPSA) is 3.24 Å². The van der Waals surface area contributed by atoms with Crippen molar-refractivity contribution in [3.63, 3.8) is 0 Å². The summed E-state index contributed by atoms with van der Waals surface area (Å²) in [5, 5.41) is 10.1. The highest BCUT2D eigenvalue weighted by Crippen LogP contribution is 2.43. The van der Waals surface area contributed by atoms with Crippen LogP contribution in [-0.4, -0.2) is 0 Å². The Balaban J connectivity index is 1.07. The fourth-order valence-corrected chi connectivity index (χ4v) is 8.02. The molecule has 0 heterocycles. The fraction of sp³-hybridized carbons (Fsp3) is 0. The van der Waals surface area contributed by atoms with Gasteiger partial charge in [0.2, 0.25) is 0 Å². The zero-order valence-electron chi connectivity index (χ0n) is 29.2. The number of anilines is 3. The van der Waals surface area contributed by atoms with Gasteiger partial charge in [0.25, 0.3) is 0 Å². The molecule has 10 aromatic rings. The van der Waals surface area contributed by atoms with Crippen molar-refractivity contribution in [1.82, 2.24) is 0 Å². The molecule has 10 rings (SSSR count). The molecule has 0 amide bonds. The maximum atomic E-state index is 2.40. The second-order valence-electron chi connectivity index (χ2n) is 13.7. The molecular formula is C52H35N. The molecular weight excluding hydrogens is 639 g/mol. The number of nitrogens with zero attached hydrogens (tertiary/aromatic N) is 1. The summed E-state index contributed by atoms with van der Waals surface area (Å²) in [6, 6.07) is 77.2. The van der Waals surface area contributed by atoms with E-state index in [2.05, 4.69) is 217 Å². The van der Waals surface area contributed by atoms with E-state index in [4.69, 9.17) is 0 Å². The van der Waals surface area contributed by atoms with Crippen molar-refractivity contribution in [1.29, 1.82) is 0 Å². The Bertz CT molecular complexity index is 2910. The van der Waals surface area contributed by atoms with Gasteiger partial charge in [0, 0.05) is 16.8 Å². The third kappa shape index (κ3) is 5.51. The Morgan fingerprint density at radius 3 is 1.40 bits per heavy atom. The lowest BCUT2D eigenvalue weighted by molar-refractivity contribution is 1.30. The van der Waals surface area contributed by atoms with Crippen LogP contribution in [0.2, 0.25) is 0 Å². The summed E-state index contributed by atoms with van der Waals surface area (Å²) < 4.78 is 0. The van der Waals surface area contributed by atoms with Crippen LogP contribution < -0.4 is 4.90 Å². The van der Waals surface area contributed by atoms with Crippen LogP contribution >= 0.6 is 0 Å². The van der Waals surface area contributed by atoms with E-state index >= 15 is 0 Å². The van der Waals surface area contributed by atoms with E-state index in [1.165, 1.54) is 76.5 Å². The first kappa shape index (κ1) is 30.8. The maximum Gasteiger partial charge on any atom is 0.0540 e. The van der Waals surface area contributed by atoms with Gasteiger partial charge in [-0.05, 0) is 107 Å². The zero-order valence-corrected chi connectivity index (χ0v) is 29.2. The Labute approximate surface area is 309 Å². The van der Waals surface area contributed by atoms with Gasteiger partial charge in [0.15, 0.2) is 0 Å².